The summed E-state index contributed by atoms with van der Waals surface area (Å²) in [4.78, 5) is 10.6. The zero-order chi connectivity index (χ0) is 12.3. The molecule has 0 unspecified atom stereocenters. The molecule has 0 aliphatic heterocycles. The van der Waals surface area contributed by atoms with E-state index in [9.17, 15) is 18.0 Å². The number of hydrogen-bond donors (Lipinski definition) is 3. The van der Waals surface area contributed by atoms with Gasteiger partial charge in [0.05, 0.1) is 5.56 Å². The van der Waals surface area contributed by atoms with Crippen molar-refractivity contribution in [2.24, 2.45) is 11.5 Å². The van der Waals surface area contributed by atoms with Gasteiger partial charge in [-0.15, -0.1) is 0 Å². The molecule has 1 aromatic rings. The van der Waals surface area contributed by atoms with Crippen LogP contribution < -0.4 is 16.8 Å². The van der Waals surface area contributed by atoms with Crippen LogP contribution in [0.15, 0.2) is 18.2 Å². The Labute approximate surface area is 89.4 Å². The van der Waals surface area contributed by atoms with Gasteiger partial charge in [-0.2, -0.15) is 13.2 Å². The largest absolute Gasteiger partial charge is 0.416 e. The number of nitrogens with one attached hydrogen (secondary N) is 1. The quantitative estimate of drug-likeness (QED) is 0.726. The predicted molar refractivity (Wildman–Crippen MR) is 52.5 cm³/mol. The van der Waals surface area contributed by atoms with E-state index >= 15 is 0 Å². The third kappa shape index (κ3) is 2.86. The zero-order valence-corrected chi connectivity index (χ0v) is 8.14. The lowest BCUT2D eigenvalue weighted by Crippen LogP contribution is -2.21. The van der Waals surface area contributed by atoms with Crippen molar-refractivity contribution in [3.8, 4) is 0 Å². The van der Waals surface area contributed by atoms with E-state index < -0.39 is 17.8 Å². The second kappa shape index (κ2) is 4.40. The van der Waals surface area contributed by atoms with E-state index in [1.807, 2.05) is 0 Å². The maximum Gasteiger partial charge on any atom is 0.416 e. The molecule has 0 heterocycles. The summed E-state index contributed by atoms with van der Waals surface area (Å²) in [7, 11) is 0. The molecule has 1 aromatic carbocycles. The highest BCUT2D eigenvalue weighted by atomic mass is 19.4. The van der Waals surface area contributed by atoms with E-state index in [-0.39, 0.29) is 17.8 Å². The number of urea groups is 1. The molecule has 0 aliphatic rings. The topological polar surface area (TPSA) is 81.1 Å². The van der Waals surface area contributed by atoms with Crippen LogP contribution in [-0.2, 0) is 12.7 Å². The summed E-state index contributed by atoms with van der Waals surface area (Å²) < 4.78 is 37.0. The fraction of sp³-hybridized carbons (Fsp3) is 0.222. The first-order valence-electron chi connectivity index (χ1n) is 4.31. The van der Waals surface area contributed by atoms with Crippen LogP contribution in [0, 0.1) is 0 Å². The molecule has 0 aromatic heterocycles. The van der Waals surface area contributed by atoms with Gasteiger partial charge in [0.25, 0.3) is 0 Å². The van der Waals surface area contributed by atoms with Crippen LogP contribution in [0.3, 0.4) is 0 Å². The number of nitrogens with two attached hydrogens (primary N) is 2. The second-order valence-electron chi connectivity index (χ2n) is 3.06. The van der Waals surface area contributed by atoms with Crippen molar-refractivity contribution < 1.29 is 18.0 Å². The molecule has 2 amide bonds. The van der Waals surface area contributed by atoms with E-state index in [2.05, 4.69) is 5.32 Å². The Bertz CT molecular complexity index is 403. The van der Waals surface area contributed by atoms with Crippen LogP contribution >= 0.6 is 0 Å². The van der Waals surface area contributed by atoms with Gasteiger partial charge in [0.2, 0.25) is 0 Å². The predicted octanol–water partition coefficient (Wildman–Crippen LogP) is 1.65. The maximum absolute atomic E-state index is 12.3. The Morgan fingerprint density at radius 3 is 2.44 bits per heavy atom. The number of primary amides is 1. The third-order valence-corrected chi connectivity index (χ3v) is 1.91. The van der Waals surface area contributed by atoms with Crippen molar-refractivity contribution in [3.63, 3.8) is 0 Å². The minimum Gasteiger partial charge on any atom is -0.351 e. The van der Waals surface area contributed by atoms with Gasteiger partial charge in [0.15, 0.2) is 0 Å². The number of anilines is 1. The Balaban J connectivity index is 3.11. The number of carbonyl (C=O) groups excluding carboxylic acids is 1. The lowest BCUT2D eigenvalue weighted by atomic mass is 10.1. The average molecular weight is 233 g/mol. The van der Waals surface area contributed by atoms with Crippen molar-refractivity contribution in [1.82, 2.24) is 0 Å². The Morgan fingerprint density at radius 2 is 2.00 bits per heavy atom. The van der Waals surface area contributed by atoms with Crippen molar-refractivity contribution in [2.75, 3.05) is 5.32 Å². The number of halogens is 3. The molecule has 7 heteroatoms. The first kappa shape index (κ1) is 12.3. The first-order valence-corrected chi connectivity index (χ1v) is 4.31. The average Bonchev–Trinajstić information content (AvgIpc) is 2.15. The molecular formula is C9H10F3N3O. The summed E-state index contributed by atoms with van der Waals surface area (Å²) in [5.41, 5.74) is 9.68. The summed E-state index contributed by atoms with van der Waals surface area (Å²) in [5.74, 6) is 0. The van der Waals surface area contributed by atoms with Crippen molar-refractivity contribution >= 4 is 11.7 Å². The van der Waals surface area contributed by atoms with Gasteiger partial charge in [0, 0.05) is 12.2 Å². The van der Waals surface area contributed by atoms with Crippen LogP contribution in [0.2, 0.25) is 0 Å². The van der Waals surface area contributed by atoms with Gasteiger partial charge in [-0.25, -0.2) is 4.79 Å². The normalized spacial score (nSPS) is 11.2. The van der Waals surface area contributed by atoms with Gasteiger partial charge in [-0.05, 0) is 23.8 Å². The maximum atomic E-state index is 12.3. The summed E-state index contributed by atoms with van der Waals surface area (Å²) in [6, 6.07) is 2.00. The smallest absolute Gasteiger partial charge is 0.351 e. The Kier molecular flexibility index (Phi) is 3.38. The number of amides is 2. The number of carbonyl (C=O) groups is 1. The fourth-order valence-electron chi connectivity index (χ4n) is 1.19. The molecular weight excluding hydrogens is 223 g/mol. The lowest BCUT2D eigenvalue weighted by Gasteiger charge is -2.12. The molecule has 5 N–H and O–H groups in total. The molecule has 0 bridgehead atoms. The molecule has 0 saturated heterocycles. The van der Waals surface area contributed by atoms with Gasteiger partial charge in [-0.3, -0.25) is 0 Å². The highest BCUT2D eigenvalue weighted by Crippen LogP contribution is 2.31. The van der Waals surface area contributed by atoms with E-state index in [4.69, 9.17) is 11.5 Å². The molecule has 0 spiro atoms. The van der Waals surface area contributed by atoms with Gasteiger partial charge in [0.1, 0.15) is 0 Å². The number of benzene rings is 1. The highest BCUT2D eigenvalue weighted by Gasteiger charge is 2.30. The SMILES string of the molecule is NCc1cc(C(F)(F)F)ccc1NC(N)=O. The van der Waals surface area contributed by atoms with E-state index in [1.165, 1.54) is 0 Å². The summed E-state index contributed by atoms with van der Waals surface area (Å²) >= 11 is 0. The minimum absolute atomic E-state index is 0.125. The number of alkyl halides is 3. The van der Waals surface area contributed by atoms with Crippen molar-refractivity contribution in [3.05, 3.63) is 29.3 Å². The van der Waals surface area contributed by atoms with Crippen molar-refractivity contribution in [1.29, 1.82) is 0 Å². The fourth-order valence-corrected chi connectivity index (χ4v) is 1.19. The monoisotopic (exact) mass is 233 g/mol. The molecule has 0 fully saturated rings. The Morgan fingerprint density at radius 1 is 1.38 bits per heavy atom. The highest BCUT2D eigenvalue weighted by molar-refractivity contribution is 5.88. The van der Waals surface area contributed by atoms with Crippen LogP contribution in [-0.4, -0.2) is 6.03 Å². The van der Waals surface area contributed by atoms with E-state index in [1.54, 1.807) is 0 Å². The first-order chi connectivity index (χ1) is 7.34. The zero-order valence-electron chi connectivity index (χ0n) is 8.14. The van der Waals surface area contributed by atoms with E-state index in [0.717, 1.165) is 18.2 Å². The molecule has 4 nitrogen and oxygen atoms in total. The lowest BCUT2D eigenvalue weighted by molar-refractivity contribution is -0.137. The molecule has 1 rings (SSSR count). The van der Waals surface area contributed by atoms with Crippen LogP contribution in [0.25, 0.3) is 0 Å². The van der Waals surface area contributed by atoms with Crippen LogP contribution in [0.5, 0.6) is 0 Å². The summed E-state index contributed by atoms with van der Waals surface area (Å²) in [6.07, 6.45) is -4.44. The van der Waals surface area contributed by atoms with Gasteiger partial charge in [-0.1, -0.05) is 0 Å². The molecule has 0 atom stereocenters. The molecule has 0 aliphatic carbocycles. The summed E-state index contributed by atoms with van der Waals surface area (Å²) in [6.45, 7) is -0.125. The van der Waals surface area contributed by atoms with Crippen LogP contribution in [0.1, 0.15) is 11.1 Å². The number of rotatable bonds is 2. The standard InChI is InChI=1S/C9H10F3N3O/c10-9(11,12)6-1-2-7(15-8(14)16)5(3-6)4-13/h1-3H,4,13H2,(H3,14,15,16). The third-order valence-electron chi connectivity index (χ3n) is 1.91. The summed E-state index contributed by atoms with van der Waals surface area (Å²) in [5, 5.41) is 2.19. The second-order valence-corrected chi connectivity index (χ2v) is 3.06. The molecule has 0 radical (unpaired) electrons. The molecule has 88 valence electrons. The minimum atomic E-state index is -4.44. The van der Waals surface area contributed by atoms with Crippen LogP contribution in [0.4, 0.5) is 23.7 Å². The van der Waals surface area contributed by atoms with E-state index in [0.29, 0.717) is 0 Å². The Hall–Kier alpha value is -1.76. The molecule has 16 heavy (non-hydrogen) atoms. The van der Waals surface area contributed by atoms with Crippen molar-refractivity contribution in [2.45, 2.75) is 12.7 Å². The molecule has 0 saturated carbocycles. The van der Waals surface area contributed by atoms with Gasteiger partial charge >= 0.3 is 12.2 Å². The van der Waals surface area contributed by atoms with Gasteiger partial charge < -0.3 is 16.8 Å². The number of hydrogen-bond acceptors (Lipinski definition) is 2.